The van der Waals surface area contributed by atoms with Crippen LogP contribution >= 0.6 is 0 Å². The Kier molecular flexibility index (Phi) is 4.52. The number of rotatable bonds is 4. The Hall–Kier alpha value is -2.87. The van der Waals surface area contributed by atoms with Crippen LogP contribution in [0.4, 0.5) is 15.8 Å². The number of hydrogen-bond acceptors (Lipinski definition) is 4. The third kappa shape index (κ3) is 3.37. The second kappa shape index (κ2) is 6.53. The van der Waals surface area contributed by atoms with E-state index in [2.05, 4.69) is 10.5 Å². The van der Waals surface area contributed by atoms with Crippen molar-refractivity contribution < 1.29 is 4.39 Å². The summed E-state index contributed by atoms with van der Waals surface area (Å²) in [6.07, 6.45) is 1.36. The van der Waals surface area contributed by atoms with Crippen molar-refractivity contribution in [3.8, 4) is 6.07 Å². The molecule has 0 fully saturated rings. The lowest BCUT2D eigenvalue weighted by molar-refractivity contribution is 0.622. The van der Waals surface area contributed by atoms with Crippen LogP contribution in [0.2, 0.25) is 0 Å². The Labute approximate surface area is 123 Å². The number of anilines is 2. The zero-order valence-electron chi connectivity index (χ0n) is 11.8. The van der Waals surface area contributed by atoms with Gasteiger partial charge < -0.3 is 4.90 Å². The van der Waals surface area contributed by atoms with Crippen LogP contribution in [0.25, 0.3) is 0 Å². The molecule has 0 bridgehead atoms. The van der Waals surface area contributed by atoms with Crippen LogP contribution in [0, 0.1) is 17.1 Å². The smallest absolute Gasteiger partial charge is 0.151 e. The van der Waals surface area contributed by atoms with Gasteiger partial charge in [0.15, 0.2) is 5.82 Å². The Morgan fingerprint density at radius 1 is 1.19 bits per heavy atom. The fourth-order valence-corrected chi connectivity index (χ4v) is 1.85. The molecule has 106 valence electrons. The Balaban J connectivity index is 2.23. The highest BCUT2D eigenvalue weighted by Gasteiger charge is 2.13. The largest absolute Gasteiger partial charge is 0.377 e. The highest BCUT2D eigenvalue weighted by atomic mass is 19.1. The lowest BCUT2D eigenvalue weighted by Gasteiger charge is -2.15. The van der Waals surface area contributed by atoms with Gasteiger partial charge in [-0.3, -0.25) is 5.43 Å². The van der Waals surface area contributed by atoms with Crippen LogP contribution in [-0.2, 0) is 0 Å². The Bertz CT molecular complexity index is 687. The molecular weight excluding hydrogens is 267 g/mol. The number of nitriles is 1. The molecule has 0 spiro atoms. The van der Waals surface area contributed by atoms with Gasteiger partial charge in [-0.05, 0) is 24.3 Å². The summed E-state index contributed by atoms with van der Waals surface area (Å²) < 4.78 is 14.3. The van der Waals surface area contributed by atoms with E-state index in [1.54, 1.807) is 31.1 Å². The molecule has 0 atom stereocenters. The second-order valence-corrected chi connectivity index (χ2v) is 4.61. The van der Waals surface area contributed by atoms with Gasteiger partial charge >= 0.3 is 0 Å². The monoisotopic (exact) mass is 282 g/mol. The average molecular weight is 282 g/mol. The number of halogens is 1. The van der Waals surface area contributed by atoms with Crippen molar-refractivity contribution in [2.45, 2.75) is 0 Å². The van der Waals surface area contributed by atoms with Gasteiger partial charge in [-0.25, -0.2) is 4.39 Å². The molecule has 1 N–H and O–H groups in total. The summed E-state index contributed by atoms with van der Waals surface area (Å²) in [4.78, 5) is 1.70. The standard InChI is InChI=1S/C16H15FN4/c1-21(2)15-9-8-12(16(17)14(15)10-18)11-19-20-13-6-4-3-5-7-13/h3-9,11,20H,1-2H3. The number of benzene rings is 2. The molecule has 2 rings (SSSR count). The van der Waals surface area contributed by atoms with Crippen LogP contribution < -0.4 is 10.3 Å². The van der Waals surface area contributed by atoms with Crippen molar-refractivity contribution in [3.63, 3.8) is 0 Å². The van der Waals surface area contributed by atoms with Gasteiger partial charge in [-0.2, -0.15) is 10.4 Å². The first-order valence-corrected chi connectivity index (χ1v) is 6.37. The molecule has 4 nitrogen and oxygen atoms in total. The molecule has 0 aliphatic heterocycles. The number of hydrazone groups is 1. The van der Waals surface area contributed by atoms with Crippen molar-refractivity contribution in [2.24, 2.45) is 5.10 Å². The Morgan fingerprint density at radius 3 is 2.52 bits per heavy atom. The maximum Gasteiger partial charge on any atom is 0.151 e. The normalized spacial score (nSPS) is 10.4. The number of para-hydroxylation sites is 1. The minimum atomic E-state index is -0.567. The third-order valence-electron chi connectivity index (χ3n) is 2.91. The van der Waals surface area contributed by atoms with Crippen molar-refractivity contribution >= 4 is 17.6 Å². The molecule has 0 aliphatic carbocycles. The number of nitrogens with one attached hydrogen (secondary N) is 1. The maximum absolute atomic E-state index is 14.3. The van der Waals surface area contributed by atoms with Gasteiger partial charge in [0.05, 0.1) is 17.6 Å². The molecule has 0 aromatic heterocycles. The van der Waals surface area contributed by atoms with E-state index >= 15 is 0 Å². The van der Waals surface area contributed by atoms with Gasteiger partial charge in [0.25, 0.3) is 0 Å². The first-order chi connectivity index (χ1) is 10.1. The molecular formula is C16H15FN4. The molecule has 2 aromatic carbocycles. The highest BCUT2D eigenvalue weighted by molar-refractivity contribution is 5.83. The Morgan fingerprint density at radius 2 is 1.90 bits per heavy atom. The van der Waals surface area contributed by atoms with Crippen LogP contribution in [0.15, 0.2) is 47.6 Å². The van der Waals surface area contributed by atoms with Crippen molar-refractivity contribution in [1.29, 1.82) is 5.26 Å². The van der Waals surface area contributed by atoms with E-state index in [1.165, 1.54) is 6.21 Å². The molecule has 0 unspecified atom stereocenters. The minimum absolute atomic E-state index is 0.0173. The van der Waals surface area contributed by atoms with E-state index in [9.17, 15) is 4.39 Å². The van der Waals surface area contributed by atoms with Crippen LogP contribution in [0.5, 0.6) is 0 Å². The third-order valence-corrected chi connectivity index (χ3v) is 2.91. The maximum atomic E-state index is 14.3. The molecule has 5 heteroatoms. The summed E-state index contributed by atoms with van der Waals surface area (Å²) in [5, 5.41) is 13.1. The van der Waals surface area contributed by atoms with Gasteiger partial charge in [0.2, 0.25) is 0 Å². The molecule has 0 amide bonds. The lowest BCUT2D eigenvalue weighted by Crippen LogP contribution is -2.12. The molecule has 0 saturated carbocycles. The summed E-state index contributed by atoms with van der Waals surface area (Å²) in [5.41, 5.74) is 4.44. The van der Waals surface area contributed by atoms with E-state index in [-0.39, 0.29) is 11.1 Å². The molecule has 0 aliphatic rings. The number of nitrogens with zero attached hydrogens (tertiary/aromatic N) is 3. The SMILES string of the molecule is CN(C)c1ccc(C=NNc2ccccc2)c(F)c1C#N. The predicted octanol–water partition coefficient (Wildman–Crippen LogP) is 3.21. The minimum Gasteiger partial charge on any atom is -0.377 e. The highest BCUT2D eigenvalue weighted by Crippen LogP contribution is 2.22. The first-order valence-electron chi connectivity index (χ1n) is 6.37. The summed E-state index contributed by atoms with van der Waals surface area (Å²) >= 11 is 0. The van der Waals surface area contributed by atoms with E-state index < -0.39 is 5.82 Å². The van der Waals surface area contributed by atoms with Crippen LogP contribution in [-0.4, -0.2) is 20.3 Å². The fraction of sp³-hybridized carbons (Fsp3) is 0.125. The summed E-state index contributed by atoms with van der Waals surface area (Å²) in [6.45, 7) is 0. The molecule has 0 saturated heterocycles. The molecule has 21 heavy (non-hydrogen) atoms. The molecule has 2 aromatic rings. The van der Waals surface area contributed by atoms with E-state index in [4.69, 9.17) is 5.26 Å². The average Bonchev–Trinajstić information content (AvgIpc) is 2.49. The predicted molar refractivity (Wildman–Crippen MR) is 83.1 cm³/mol. The van der Waals surface area contributed by atoms with Crippen LogP contribution in [0.1, 0.15) is 11.1 Å². The number of hydrogen-bond donors (Lipinski definition) is 1. The second-order valence-electron chi connectivity index (χ2n) is 4.61. The van der Waals surface area contributed by atoms with Gasteiger partial charge in [-0.1, -0.05) is 18.2 Å². The van der Waals surface area contributed by atoms with Crippen molar-refractivity contribution in [2.75, 3.05) is 24.4 Å². The van der Waals surface area contributed by atoms with E-state index in [0.29, 0.717) is 5.69 Å². The van der Waals surface area contributed by atoms with Crippen molar-refractivity contribution in [1.82, 2.24) is 0 Å². The summed E-state index contributed by atoms with van der Waals surface area (Å²) in [6, 6.07) is 14.5. The van der Waals surface area contributed by atoms with Gasteiger partial charge in [0, 0.05) is 19.7 Å². The van der Waals surface area contributed by atoms with Crippen molar-refractivity contribution in [3.05, 3.63) is 59.4 Å². The zero-order valence-corrected chi connectivity index (χ0v) is 11.8. The van der Waals surface area contributed by atoms with E-state index in [0.717, 1.165) is 5.69 Å². The first kappa shape index (κ1) is 14.5. The zero-order chi connectivity index (χ0) is 15.2. The van der Waals surface area contributed by atoms with Crippen LogP contribution in [0.3, 0.4) is 0 Å². The fourth-order valence-electron chi connectivity index (χ4n) is 1.85. The summed E-state index contributed by atoms with van der Waals surface area (Å²) in [7, 11) is 3.53. The van der Waals surface area contributed by atoms with E-state index in [1.807, 2.05) is 36.4 Å². The molecule has 0 radical (unpaired) electrons. The molecule has 0 heterocycles. The van der Waals surface area contributed by atoms with Gasteiger partial charge in [0.1, 0.15) is 11.6 Å². The topological polar surface area (TPSA) is 51.4 Å². The lowest BCUT2D eigenvalue weighted by atomic mass is 10.1. The summed E-state index contributed by atoms with van der Waals surface area (Å²) in [5.74, 6) is -0.567. The quantitative estimate of drug-likeness (QED) is 0.692. The van der Waals surface area contributed by atoms with Gasteiger partial charge in [-0.15, -0.1) is 0 Å².